The molecule has 76 valence electrons. The number of hydrogen-bond acceptors (Lipinski definition) is 2. The van der Waals surface area contributed by atoms with Crippen molar-refractivity contribution in [3.63, 3.8) is 0 Å². The molecule has 0 aromatic heterocycles. The predicted molar refractivity (Wildman–Crippen MR) is 42.3 cm³/mol. The van der Waals surface area contributed by atoms with Gasteiger partial charge in [0, 0.05) is 12.1 Å². The zero-order valence-corrected chi connectivity index (χ0v) is 7.11. The van der Waals surface area contributed by atoms with Crippen molar-refractivity contribution in [1.29, 1.82) is 0 Å². The summed E-state index contributed by atoms with van der Waals surface area (Å²) in [6, 6.07) is 1.30. The molecule has 0 bridgehead atoms. The van der Waals surface area contributed by atoms with Gasteiger partial charge in [-0.3, -0.25) is 5.32 Å². The Balaban J connectivity index is 2.95. The second-order valence-electron chi connectivity index (χ2n) is 2.37. The van der Waals surface area contributed by atoms with Crippen LogP contribution in [0, 0.1) is 17.5 Å². The Morgan fingerprint density at radius 1 is 1.29 bits per heavy atom. The maximum Gasteiger partial charge on any atom is 0.411 e. The summed E-state index contributed by atoms with van der Waals surface area (Å²) in [6.45, 7) is 0. The molecule has 3 nitrogen and oxygen atoms in total. The molecule has 0 atom stereocenters. The molecule has 1 rings (SSSR count). The van der Waals surface area contributed by atoms with Crippen LogP contribution in [0.1, 0.15) is 0 Å². The molecule has 0 aliphatic carbocycles. The smallest absolute Gasteiger partial charge is 0.411 e. The minimum absolute atomic E-state index is 0.215. The summed E-state index contributed by atoms with van der Waals surface area (Å²) in [7, 11) is 1.09. The maximum absolute atomic E-state index is 12.6. The lowest BCUT2D eigenvalue weighted by atomic mass is 10.3. The quantitative estimate of drug-likeness (QED) is 0.714. The minimum atomic E-state index is -1.58. The topological polar surface area (TPSA) is 38.3 Å². The highest BCUT2D eigenvalue weighted by Crippen LogP contribution is 2.17. The minimum Gasteiger partial charge on any atom is -0.453 e. The van der Waals surface area contributed by atoms with Gasteiger partial charge in [0.15, 0.2) is 17.5 Å². The maximum atomic E-state index is 12.6. The molecule has 0 fully saturated rings. The molecule has 0 saturated heterocycles. The third-order valence-electron chi connectivity index (χ3n) is 1.42. The van der Waals surface area contributed by atoms with Crippen molar-refractivity contribution >= 4 is 11.8 Å². The molecule has 0 radical (unpaired) electrons. The molecule has 0 aliphatic rings. The second kappa shape index (κ2) is 3.99. The summed E-state index contributed by atoms with van der Waals surface area (Å²) in [5, 5.41) is 1.99. The first-order chi connectivity index (χ1) is 6.54. The first-order valence-electron chi connectivity index (χ1n) is 3.54. The number of hydrogen-bond donors (Lipinski definition) is 1. The van der Waals surface area contributed by atoms with Crippen molar-refractivity contribution in [3.05, 3.63) is 29.6 Å². The molecule has 6 heteroatoms. The number of methoxy groups -OCH3 is 1. The Kier molecular flexibility index (Phi) is 2.95. The van der Waals surface area contributed by atoms with E-state index in [9.17, 15) is 18.0 Å². The van der Waals surface area contributed by atoms with Gasteiger partial charge in [0.2, 0.25) is 0 Å². The number of ether oxygens (including phenoxy) is 1. The van der Waals surface area contributed by atoms with Gasteiger partial charge in [0.05, 0.1) is 12.8 Å². The monoisotopic (exact) mass is 205 g/mol. The standard InChI is InChI=1S/C8H6F3NO2/c1-14-8(13)12-4-2-5(9)7(11)6(10)3-4/h2-3H,1H3,(H,12,13). The van der Waals surface area contributed by atoms with Crippen LogP contribution < -0.4 is 5.32 Å². The van der Waals surface area contributed by atoms with Gasteiger partial charge >= 0.3 is 6.09 Å². The number of rotatable bonds is 1. The van der Waals surface area contributed by atoms with E-state index in [1.807, 2.05) is 5.32 Å². The van der Waals surface area contributed by atoms with Gasteiger partial charge in [-0.15, -0.1) is 0 Å². The molecule has 1 amide bonds. The Hall–Kier alpha value is -1.72. The van der Waals surface area contributed by atoms with Crippen molar-refractivity contribution in [1.82, 2.24) is 0 Å². The molecule has 0 heterocycles. The molecule has 14 heavy (non-hydrogen) atoms. The number of carbonyl (C=O) groups is 1. The van der Waals surface area contributed by atoms with E-state index in [1.165, 1.54) is 0 Å². The lowest BCUT2D eigenvalue weighted by Gasteiger charge is -2.04. The molecule has 1 aromatic rings. The molecule has 1 aromatic carbocycles. The molecule has 0 spiro atoms. The van der Waals surface area contributed by atoms with Gasteiger partial charge < -0.3 is 4.74 Å². The normalized spacial score (nSPS) is 9.71. The first kappa shape index (κ1) is 10.4. The van der Waals surface area contributed by atoms with E-state index < -0.39 is 23.5 Å². The Morgan fingerprint density at radius 2 is 1.79 bits per heavy atom. The number of anilines is 1. The van der Waals surface area contributed by atoms with Gasteiger partial charge in [-0.05, 0) is 0 Å². The van der Waals surface area contributed by atoms with Crippen LogP contribution in [-0.2, 0) is 4.74 Å². The fraction of sp³-hybridized carbons (Fsp3) is 0.125. The fourth-order valence-corrected chi connectivity index (χ4v) is 0.797. The Bertz CT molecular complexity index is 345. The fourth-order valence-electron chi connectivity index (χ4n) is 0.797. The predicted octanol–water partition coefficient (Wildman–Crippen LogP) is 2.28. The highest BCUT2D eigenvalue weighted by atomic mass is 19.2. The van der Waals surface area contributed by atoms with Crippen LogP contribution in [-0.4, -0.2) is 13.2 Å². The molecular formula is C8H6F3NO2. The van der Waals surface area contributed by atoms with E-state index in [0.717, 1.165) is 7.11 Å². The number of carbonyl (C=O) groups excluding carboxylic acids is 1. The van der Waals surface area contributed by atoms with Crippen LogP contribution >= 0.6 is 0 Å². The second-order valence-corrected chi connectivity index (χ2v) is 2.37. The van der Waals surface area contributed by atoms with E-state index in [-0.39, 0.29) is 5.69 Å². The summed E-state index contributed by atoms with van der Waals surface area (Å²) in [5.74, 6) is -4.34. The highest BCUT2D eigenvalue weighted by Gasteiger charge is 2.11. The van der Waals surface area contributed by atoms with Gasteiger partial charge in [-0.1, -0.05) is 0 Å². The third kappa shape index (κ3) is 2.15. The lowest BCUT2D eigenvalue weighted by Crippen LogP contribution is -2.11. The zero-order chi connectivity index (χ0) is 10.7. The highest BCUT2D eigenvalue weighted by molar-refractivity contribution is 5.84. The third-order valence-corrected chi connectivity index (χ3v) is 1.42. The summed E-state index contributed by atoms with van der Waals surface area (Å²) < 4.78 is 41.8. The van der Waals surface area contributed by atoms with Gasteiger partial charge in [-0.2, -0.15) is 0 Å². The Morgan fingerprint density at radius 3 is 2.21 bits per heavy atom. The van der Waals surface area contributed by atoms with Crippen LogP contribution in [0.3, 0.4) is 0 Å². The molecule has 1 N–H and O–H groups in total. The number of nitrogens with one attached hydrogen (secondary N) is 1. The average Bonchev–Trinajstić information content (AvgIpc) is 2.14. The average molecular weight is 205 g/mol. The van der Waals surface area contributed by atoms with Crippen LogP contribution in [0.4, 0.5) is 23.7 Å². The van der Waals surface area contributed by atoms with E-state index in [1.54, 1.807) is 0 Å². The largest absolute Gasteiger partial charge is 0.453 e. The van der Waals surface area contributed by atoms with E-state index >= 15 is 0 Å². The zero-order valence-electron chi connectivity index (χ0n) is 7.11. The molecular weight excluding hydrogens is 199 g/mol. The molecule has 0 unspecified atom stereocenters. The van der Waals surface area contributed by atoms with E-state index in [2.05, 4.69) is 4.74 Å². The van der Waals surface area contributed by atoms with Crippen LogP contribution in [0.2, 0.25) is 0 Å². The van der Waals surface area contributed by atoms with Crippen molar-refractivity contribution in [2.75, 3.05) is 12.4 Å². The van der Waals surface area contributed by atoms with Gasteiger partial charge in [-0.25, -0.2) is 18.0 Å². The summed E-state index contributed by atoms with van der Waals surface area (Å²) in [4.78, 5) is 10.6. The van der Waals surface area contributed by atoms with Gasteiger partial charge in [0.25, 0.3) is 0 Å². The van der Waals surface area contributed by atoms with Crippen LogP contribution in [0.5, 0.6) is 0 Å². The van der Waals surface area contributed by atoms with Gasteiger partial charge in [0.1, 0.15) is 0 Å². The van der Waals surface area contributed by atoms with Crippen LogP contribution in [0.25, 0.3) is 0 Å². The number of amides is 1. The number of benzene rings is 1. The first-order valence-corrected chi connectivity index (χ1v) is 3.54. The summed E-state index contributed by atoms with van der Waals surface area (Å²) in [5.41, 5.74) is -0.215. The van der Waals surface area contributed by atoms with Crippen molar-refractivity contribution in [3.8, 4) is 0 Å². The lowest BCUT2D eigenvalue weighted by molar-refractivity contribution is 0.187. The molecule has 0 aliphatic heterocycles. The van der Waals surface area contributed by atoms with Crippen molar-refractivity contribution < 1.29 is 22.7 Å². The number of halogens is 3. The van der Waals surface area contributed by atoms with Crippen molar-refractivity contribution in [2.45, 2.75) is 0 Å². The van der Waals surface area contributed by atoms with E-state index in [0.29, 0.717) is 12.1 Å². The summed E-state index contributed by atoms with van der Waals surface area (Å²) in [6.07, 6.45) is -0.893. The summed E-state index contributed by atoms with van der Waals surface area (Å²) >= 11 is 0. The van der Waals surface area contributed by atoms with E-state index in [4.69, 9.17) is 0 Å². The SMILES string of the molecule is COC(=O)Nc1cc(F)c(F)c(F)c1. The Labute approximate surface area is 77.5 Å². The van der Waals surface area contributed by atoms with Crippen LogP contribution in [0.15, 0.2) is 12.1 Å². The molecule has 0 saturated carbocycles. The van der Waals surface area contributed by atoms with Crippen molar-refractivity contribution in [2.24, 2.45) is 0 Å².